The van der Waals surface area contributed by atoms with Crippen molar-refractivity contribution in [3.05, 3.63) is 105 Å². The minimum Gasteiger partial charge on any atom is -0.484 e. The number of amides is 1. The summed E-state index contributed by atoms with van der Waals surface area (Å²) in [6, 6.07) is 25.7. The van der Waals surface area contributed by atoms with Crippen molar-refractivity contribution < 1.29 is 19.1 Å². The number of nitrogens with one attached hydrogen (secondary N) is 1. The van der Waals surface area contributed by atoms with Gasteiger partial charge in [-0.2, -0.15) is 0 Å². The highest BCUT2D eigenvalue weighted by Gasteiger charge is 2.24. The van der Waals surface area contributed by atoms with Gasteiger partial charge in [-0.25, -0.2) is 4.79 Å². The van der Waals surface area contributed by atoms with E-state index in [-0.39, 0.29) is 24.5 Å². The molecule has 0 fully saturated rings. The van der Waals surface area contributed by atoms with Crippen LogP contribution in [0.3, 0.4) is 0 Å². The summed E-state index contributed by atoms with van der Waals surface area (Å²) < 4.78 is 11.9. The highest BCUT2D eigenvalue weighted by molar-refractivity contribution is 9.10. The fourth-order valence-corrected chi connectivity index (χ4v) is 5.24. The molecule has 0 aliphatic heterocycles. The van der Waals surface area contributed by atoms with Crippen LogP contribution in [-0.4, -0.2) is 25.1 Å². The second kappa shape index (κ2) is 11.8. The second-order valence-electron chi connectivity index (χ2n) is 8.93. The Kier molecular flexibility index (Phi) is 8.46. The molecule has 0 unspecified atom stereocenters. The predicted octanol–water partition coefficient (Wildman–Crippen LogP) is 7.70. The number of halogens is 1. The van der Waals surface area contributed by atoms with Crippen molar-refractivity contribution in [2.24, 2.45) is 0 Å². The number of thiophene rings is 1. The lowest BCUT2D eigenvalue weighted by Gasteiger charge is -2.26. The molecule has 7 heteroatoms. The molecule has 0 saturated carbocycles. The number of hydrogen-bond acceptors (Lipinski definition) is 5. The first-order valence-electron chi connectivity index (χ1n) is 11.9. The Morgan fingerprint density at radius 1 is 0.919 bits per heavy atom. The van der Waals surface area contributed by atoms with E-state index >= 15 is 0 Å². The van der Waals surface area contributed by atoms with E-state index < -0.39 is 5.97 Å². The zero-order valence-electron chi connectivity index (χ0n) is 20.9. The van der Waals surface area contributed by atoms with Crippen LogP contribution in [0.4, 0.5) is 5.00 Å². The van der Waals surface area contributed by atoms with Gasteiger partial charge in [0.15, 0.2) is 6.61 Å². The van der Waals surface area contributed by atoms with Crippen LogP contribution in [-0.2, 0) is 14.9 Å². The quantitative estimate of drug-likeness (QED) is 0.207. The molecule has 0 aliphatic carbocycles. The van der Waals surface area contributed by atoms with Gasteiger partial charge >= 0.3 is 5.97 Å². The molecule has 1 heterocycles. The Labute approximate surface area is 229 Å². The molecule has 190 valence electrons. The van der Waals surface area contributed by atoms with E-state index in [1.54, 1.807) is 6.92 Å². The molecule has 1 N–H and O–H groups in total. The molecular weight excluding hydrogens is 550 g/mol. The van der Waals surface area contributed by atoms with E-state index in [0.29, 0.717) is 21.9 Å². The number of esters is 1. The van der Waals surface area contributed by atoms with E-state index in [1.165, 1.54) is 16.9 Å². The Hall–Kier alpha value is -3.42. The SMILES string of the molecule is CCOC(=O)c1c(-c2ccc(Br)cc2)csc1NC(=O)COc1ccc(C(C)(C)c2ccccc2)cc1. The Morgan fingerprint density at radius 2 is 1.57 bits per heavy atom. The maximum Gasteiger partial charge on any atom is 0.341 e. The Morgan fingerprint density at radius 3 is 2.22 bits per heavy atom. The van der Waals surface area contributed by atoms with Crippen LogP contribution >= 0.6 is 27.3 Å². The van der Waals surface area contributed by atoms with E-state index in [1.807, 2.05) is 72.1 Å². The van der Waals surface area contributed by atoms with Crippen molar-refractivity contribution >= 4 is 44.1 Å². The predicted molar refractivity (Wildman–Crippen MR) is 153 cm³/mol. The fourth-order valence-electron chi connectivity index (χ4n) is 4.00. The number of benzene rings is 3. The van der Waals surface area contributed by atoms with Gasteiger partial charge in [-0.05, 0) is 47.9 Å². The maximum absolute atomic E-state index is 12.8. The van der Waals surface area contributed by atoms with E-state index in [4.69, 9.17) is 9.47 Å². The highest BCUT2D eigenvalue weighted by atomic mass is 79.9. The Bertz CT molecular complexity index is 1360. The zero-order chi connectivity index (χ0) is 26.4. The third kappa shape index (κ3) is 6.29. The lowest BCUT2D eigenvalue weighted by Crippen LogP contribution is -2.21. The standard InChI is InChI=1S/C30H28BrNO4S/c1-4-35-29(34)27-25(20-10-14-23(31)15-11-20)19-37-28(27)32-26(33)18-36-24-16-12-22(13-17-24)30(2,3)21-8-6-5-7-9-21/h5-17,19H,4,18H2,1-3H3,(H,32,33). The van der Waals surface area contributed by atoms with E-state index in [9.17, 15) is 9.59 Å². The molecule has 1 amide bonds. The average Bonchev–Trinajstić information content (AvgIpc) is 3.32. The molecule has 0 spiro atoms. The summed E-state index contributed by atoms with van der Waals surface area (Å²) in [6.07, 6.45) is 0. The minimum atomic E-state index is -0.477. The summed E-state index contributed by atoms with van der Waals surface area (Å²) in [6.45, 7) is 6.16. The Balaban J connectivity index is 1.44. The van der Waals surface area contributed by atoms with Gasteiger partial charge in [-0.1, -0.05) is 84.4 Å². The number of hydrogen-bond donors (Lipinski definition) is 1. The second-order valence-corrected chi connectivity index (χ2v) is 10.7. The summed E-state index contributed by atoms with van der Waals surface area (Å²) in [5.41, 5.74) is 4.12. The number of carbonyl (C=O) groups excluding carboxylic acids is 2. The van der Waals surface area contributed by atoms with Crippen LogP contribution in [0, 0.1) is 0 Å². The summed E-state index contributed by atoms with van der Waals surface area (Å²) in [7, 11) is 0. The normalized spacial score (nSPS) is 11.1. The molecule has 3 aromatic carbocycles. The van der Waals surface area contributed by atoms with Crippen molar-refractivity contribution in [3.8, 4) is 16.9 Å². The topological polar surface area (TPSA) is 64.6 Å². The smallest absolute Gasteiger partial charge is 0.341 e. The first-order chi connectivity index (χ1) is 17.8. The van der Waals surface area contributed by atoms with Crippen molar-refractivity contribution in [1.29, 1.82) is 0 Å². The average molecular weight is 579 g/mol. The molecular formula is C30H28BrNO4S. The first kappa shape index (κ1) is 26.6. The van der Waals surface area contributed by atoms with Crippen molar-refractivity contribution in [1.82, 2.24) is 0 Å². The molecule has 4 rings (SSSR count). The molecule has 1 aromatic heterocycles. The largest absolute Gasteiger partial charge is 0.484 e. The lowest BCUT2D eigenvalue weighted by molar-refractivity contribution is -0.118. The first-order valence-corrected chi connectivity index (χ1v) is 13.6. The summed E-state index contributed by atoms with van der Waals surface area (Å²) in [5, 5.41) is 5.10. The number of ether oxygens (including phenoxy) is 2. The monoisotopic (exact) mass is 577 g/mol. The van der Waals surface area contributed by atoms with Crippen LogP contribution in [0.5, 0.6) is 5.75 Å². The van der Waals surface area contributed by atoms with Crippen LogP contribution in [0.15, 0.2) is 88.7 Å². The van der Waals surface area contributed by atoms with Gasteiger partial charge in [0, 0.05) is 20.8 Å². The number of carbonyl (C=O) groups is 2. The van der Waals surface area contributed by atoms with Gasteiger partial charge in [0.2, 0.25) is 0 Å². The van der Waals surface area contributed by atoms with Gasteiger partial charge in [-0.15, -0.1) is 11.3 Å². The molecule has 5 nitrogen and oxygen atoms in total. The van der Waals surface area contributed by atoms with Crippen LogP contribution in [0.25, 0.3) is 11.1 Å². The van der Waals surface area contributed by atoms with Crippen LogP contribution in [0.2, 0.25) is 0 Å². The van der Waals surface area contributed by atoms with E-state index in [2.05, 4.69) is 47.2 Å². The molecule has 0 atom stereocenters. The third-order valence-corrected chi connectivity index (χ3v) is 7.54. The van der Waals surface area contributed by atoms with Gasteiger partial charge in [0.05, 0.1) is 6.61 Å². The summed E-state index contributed by atoms with van der Waals surface area (Å²) >= 11 is 4.71. The van der Waals surface area contributed by atoms with Gasteiger partial charge in [-0.3, -0.25) is 4.79 Å². The molecule has 0 bridgehead atoms. The highest BCUT2D eigenvalue weighted by Crippen LogP contribution is 2.37. The minimum absolute atomic E-state index is 0.160. The van der Waals surface area contributed by atoms with E-state index in [0.717, 1.165) is 15.6 Å². The number of anilines is 1. The van der Waals surface area contributed by atoms with Gasteiger partial charge < -0.3 is 14.8 Å². The summed E-state index contributed by atoms with van der Waals surface area (Å²) in [4.78, 5) is 25.5. The number of rotatable bonds is 9. The maximum atomic E-state index is 12.8. The lowest BCUT2D eigenvalue weighted by atomic mass is 9.78. The van der Waals surface area contributed by atoms with Crippen LogP contribution < -0.4 is 10.1 Å². The van der Waals surface area contributed by atoms with Gasteiger partial charge in [0.1, 0.15) is 16.3 Å². The zero-order valence-corrected chi connectivity index (χ0v) is 23.3. The third-order valence-electron chi connectivity index (χ3n) is 6.12. The van der Waals surface area contributed by atoms with Crippen molar-refractivity contribution in [2.75, 3.05) is 18.5 Å². The molecule has 0 radical (unpaired) electrons. The molecule has 0 aliphatic rings. The summed E-state index contributed by atoms with van der Waals surface area (Å²) in [5.74, 6) is -0.243. The molecule has 0 saturated heterocycles. The fraction of sp³-hybridized carbons (Fsp3) is 0.200. The van der Waals surface area contributed by atoms with Crippen LogP contribution in [0.1, 0.15) is 42.3 Å². The molecule has 4 aromatic rings. The van der Waals surface area contributed by atoms with Crippen molar-refractivity contribution in [3.63, 3.8) is 0 Å². The van der Waals surface area contributed by atoms with Crippen molar-refractivity contribution in [2.45, 2.75) is 26.2 Å². The van der Waals surface area contributed by atoms with Gasteiger partial charge in [0.25, 0.3) is 5.91 Å². The molecule has 37 heavy (non-hydrogen) atoms.